The summed E-state index contributed by atoms with van der Waals surface area (Å²) in [6.45, 7) is 17.8. The van der Waals surface area contributed by atoms with Gasteiger partial charge in [-0.05, 0) is 63.2 Å². The summed E-state index contributed by atoms with van der Waals surface area (Å²) in [7, 11) is -1.77. The molecule has 0 aliphatic heterocycles. The van der Waals surface area contributed by atoms with Crippen LogP contribution in [0.25, 0.3) is 0 Å². The van der Waals surface area contributed by atoms with Crippen LogP contribution in [0.5, 0.6) is 0 Å². The summed E-state index contributed by atoms with van der Waals surface area (Å²) in [5.74, 6) is 0.403. The maximum Gasteiger partial charge on any atom is 0.192 e. The SMILES string of the molecule is CC1=CC[C@@H](C(C)(C)O[Si](C)(C)C(C)(C)C)C[C@@H]1O. The molecule has 1 N–H and O–H groups in total. The van der Waals surface area contributed by atoms with Crippen LogP contribution in [0.1, 0.15) is 54.4 Å². The molecule has 112 valence electrons. The number of allylic oxidation sites excluding steroid dienone is 1. The van der Waals surface area contributed by atoms with Gasteiger partial charge in [-0.3, -0.25) is 0 Å². The van der Waals surface area contributed by atoms with Crippen LogP contribution in [-0.4, -0.2) is 25.1 Å². The predicted molar refractivity (Wildman–Crippen MR) is 84.8 cm³/mol. The molecular formula is C16H32O2Si. The monoisotopic (exact) mass is 284 g/mol. The zero-order valence-electron chi connectivity index (χ0n) is 14.0. The molecule has 1 aliphatic carbocycles. The highest BCUT2D eigenvalue weighted by Gasteiger charge is 2.44. The standard InChI is InChI=1S/C16H32O2Si/c1-12-9-10-13(11-14(12)17)16(5,6)18-19(7,8)15(2,3)4/h9,13-14,17H,10-11H2,1-8H3/t13-,14+/m1/s1. The molecular weight excluding hydrogens is 252 g/mol. The Morgan fingerprint density at radius 3 is 2.16 bits per heavy atom. The molecule has 0 aromatic rings. The van der Waals surface area contributed by atoms with Gasteiger partial charge in [-0.15, -0.1) is 0 Å². The van der Waals surface area contributed by atoms with Crippen molar-refractivity contribution < 1.29 is 9.53 Å². The Kier molecular flexibility index (Phi) is 4.76. The van der Waals surface area contributed by atoms with E-state index in [1.807, 2.05) is 6.92 Å². The molecule has 0 heterocycles. The minimum atomic E-state index is -1.77. The molecule has 1 rings (SSSR count). The molecule has 0 radical (unpaired) electrons. The lowest BCUT2D eigenvalue weighted by atomic mass is 9.78. The van der Waals surface area contributed by atoms with Gasteiger partial charge in [-0.25, -0.2) is 0 Å². The molecule has 2 nitrogen and oxygen atoms in total. The van der Waals surface area contributed by atoms with Crippen molar-refractivity contribution in [2.45, 2.75) is 84.2 Å². The molecule has 0 spiro atoms. The number of aliphatic hydroxyl groups excluding tert-OH is 1. The normalized spacial score (nSPS) is 26.3. The van der Waals surface area contributed by atoms with Gasteiger partial charge in [0.05, 0.1) is 11.7 Å². The lowest BCUT2D eigenvalue weighted by Crippen LogP contribution is -2.51. The van der Waals surface area contributed by atoms with E-state index in [0.29, 0.717) is 5.92 Å². The van der Waals surface area contributed by atoms with Gasteiger partial charge in [0.2, 0.25) is 0 Å². The molecule has 0 unspecified atom stereocenters. The second kappa shape index (κ2) is 5.34. The molecule has 1 aliphatic rings. The first kappa shape index (κ1) is 16.9. The first-order valence-corrected chi connectivity index (χ1v) is 10.3. The van der Waals surface area contributed by atoms with Crippen molar-refractivity contribution in [3.05, 3.63) is 11.6 Å². The van der Waals surface area contributed by atoms with Crippen LogP contribution < -0.4 is 0 Å². The molecule has 0 amide bonds. The van der Waals surface area contributed by atoms with Crippen molar-refractivity contribution in [3.63, 3.8) is 0 Å². The smallest absolute Gasteiger partial charge is 0.192 e. The number of aliphatic hydroxyl groups is 1. The molecule has 3 heteroatoms. The first-order chi connectivity index (χ1) is 8.37. The molecule has 19 heavy (non-hydrogen) atoms. The van der Waals surface area contributed by atoms with Gasteiger partial charge < -0.3 is 9.53 Å². The number of rotatable bonds is 3. The number of hydrogen-bond acceptors (Lipinski definition) is 2. The van der Waals surface area contributed by atoms with Gasteiger partial charge in [0.25, 0.3) is 0 Å². The Bertz CT molecular complexity index is 350. The fourth-order valence-corrected chi connectivity index (χ4v) is 4.27. The highest BCUT2D eigenvalue weighted by atomic mass is 28.4. The summed E-state index contributed by atoms with van der Waals surface area (Å²) >= 11 is 0. The average molecular weight is 285 g/mol. The fourth-order valence-electron chi connectivity index (χ4n) is 2.48. The van der Waals surface area contributed by atoms with E-state index in [4.69, 9.17) is 4.43 Å². The quantitative estimate of drug-likeness (QED) is 0.610. The zero-order chi connectivity index (χ0) is 15.1. The molecule has 0 saturated carbocycles. The van der Waals surface area contributed by atoms with E-state index in [2.05, 4.69) is 53.8 Å². The predicted octanol–water partition coefficient (Wildman–Crippen LogP) is 4.50. The molecule has 2 atom stereocenters. The summed E-state index contributed by atoms with van der Waals surface area (Å²) < 4.78 is 6.61. The summed E-state index contributed by atoms with van der Waals surface area (Å²) in [6.07, 6.45) is 3.73. The third-order valence-electron chi connectivity index (χ3n) is 5.07. The van der Waals surface area contributed by atoms with Crippen molar-refractivity contribution in [2.24, 2.45) is 5.92 Å². The van der Waals surface area contributed by atoms with Crippen LogP contribution in [0, 0.1) is 5.92 Å². The Labute approximate surface area is 120 Å². The average Bonchev–Trinajstić information content (AvgIpc) is 2.18. The summed E-state index contributed by atoms with van der Waals surface area (Å²) in [6, 6.07) is 0. The van der Waals surface area contributed by atoms with Gasteiger partial charge in [0.1, 0.15) is 0 Å². The van der Waals surface area contributed by atoms with E-state index in [-0.39, 0.29) is 16.7 Å². The van der Waals surface area contributed by atoms with Crippen LogP contribution in [-0.2, 0) is 4.43 Å². The van der Waals surface area contributed by atoms with E-state index in [1.165, 1.54) is 0 Å². The van der Waals surface area contributed by atoms with Crippen molar-refractivity contribution in [3.8, 4) is 0 Å². The van der Waals surface area contributed by atoms with E-state index in [0.717, 1.165) is 18.4 Å². The van der Waals surface area contributed by atoms with E-state index < -0.39 is 8.32 Å². The second-order valence-corrected chi connectivity index (χ2v) is 12.8. The summed E-state index contributed by atoms with van der Waals surface area (Å²) in [5, 5.41) is 10.3. The van der Waals surface area contributed by atoms with Crippen molar-refractivity contribution in [1.82, 2.24) is 0 Å². The maximum absolute atomic E-state index is 10.1. The molecule has 0 aromatic carbocycles. The van der Waals surface area contributed by atoms with Crippen LogP contribution in [0.3, 0.4) is 0 Å². The molecule has 0 fully saturated rings. The van der Waals surface area contributed by atoms with Crippen molar-refractivity contribution in [1.29, 1.82) is 0 Å². The minimum Gasteiger partial charge on any atom is -0.412 e. The Morgan fingerprint density at radius 1 is 1.21 bits per heavy atom. The van der Waals surface area contributed by atoms with Gasteiger partial charge >= 0.3 is 0 Å². The van der Waals surface area contributed by atoms with Crippen LogP contribution in [0.15, 0.2) is 11.6 Å². The lowest BCUT2D eigenvalue weighted by molar-refractivity contribution is 0.00521. The van der Waals surface area contributed by atoms with E-state index in [1.54, 1.807) is 0 Å². The van der Waals surface area contributed by atoms with Gasteiger partial charge in [0, 0.05) is 0 Å². The molecule has 0 bridgehead atoms. The third kappa shape index (κ3) is 3.93. The van der Waals surface area contributed by atoms with Crippen molar-refractivity contribution >= 4 is 8.32 Å². The second-order valence-electron chi connectivity index (χ2n) is 8.10. The Balaban J connectivity index is 2.83. The van der Waals surface area contributed by atoms with Crippen LogP contribution >= 0.6 is 0 Å². The fraction of sp³-hybridized carbons (Fsp3) is 0.875. The molecule has 0 aromatic heterocycles. The van der Waals surface area contributed by atoms with Gasteiger partial charge in [-0.2, -0.15) is 0 Å². The topological polar surface area (TPSA) is 29.5 Å². The third-order valence-corrected chi connectivity index (χ3v) is 9.71. The Hall–Kier alpha value is -0.123. The summed E-state index contributed by atoms with van der Waals surface area (Å²) in [5.41, 5.74) is 0.945. The van der Waals surface area contributed by atoms with Crippen LogP contribution in [0.4, 0.5) is 0 Å². The molecule has 0 saturated heterocycles. The highest BCUT2D eigenvalue weighted by molar-refractivity contribution is 6.74. The highest BCUT2D eigenvalue weighted by Crippen LogP contribution is 2.43. The Morgan fingerprint density at radius 2 is 1.74 bits per heavy atom. The largest absolute Gasteiger partial charge is 0.412 e. The van der Waals surface area contributed by atoms with E-state index in [9.17, 15) is 5.11 Å². The first-order valence-electron chi connectivity index (χ1n) is 7.42. The summed E-state index contributed by atoms with van der Waals surface area (Å²) in [4.78, 5) is 0. The zero-order valence-corrected chi connectivity index (χ0v) is 15.0. The van der Waals surface area contributed by atoms with E-state index >= 15 is 0 Å². The lowest BCUT2D eigenvalue weighted by Gasteiger charge is -2.47. The van der Waals surface area contributed by atoms with Gasteiger partial charge in [0.15, 0.2) is 8.32 Å². The maximum atomic E-state index is 10.1. The van der Waals surface area contributed by atoms with Gasteiger partial charge in [-0.1, -0.05) is 26.8 Å². The van der Waals surface area contributed by atoms with Crippen LogP contribution in [0.2, 0.25) is 18.1 Å². The minimum absolute atomic E-state index is 0.165. The number of hydrogen-bond donors (Lipinski definition) is 1. The van der Waals surface area contributed by atoms with Crippen molar-refractivity contribution in [2.75, 3.05) is 0 Å².